The van der Waals surface area contributed by atoms with E-state index in [1.54, 1.807) is 36.4 Å². The Morgan fingerprint density at radius 3 is 2.61 bits per heavy atom. The van der Waals surface area contributed by atoms with E-state index in [1.165, 1.54) is 12.1 Å². The third-order valence-corrected chi connectivity index (χ3v) is 6.15. The first-order valence-corrected chi connectivity index (χ1v) is 12.4. The Labute approximate surface area is 228 Å². The van der Waals surface area contributed by atoms with Gasteiger partial charge in [-0.1, -0.05) is 17.7 Å². The lowest BCUT2D eigenvalue weighted by Gasteiger charge is -2.10. The lowest BCUT2D eigenvalue weighted by atomic mass is 10.1. The molecule has 0 radical (unpaired) electrons. The molecule has 5 aromatic rings. The normalized spacial score (nSPS) is 11.2. The molecule has 0 saturated heterocycles. The highest BCUT2D eigenvalue weighted by Gasteiger charge is 2.15. The smallest absolute Gasteiger partial charge is 0.250 e. The first-order chi connectivity index (χ1) is 18.2. The number of carbonyl (C=O) groups excluding carboxylic acids is 1. The number of halogens is 1. The predicted octanol–water partition coefficient (Wildman–Crippen LogP) is 7.26. The highest BCUT2D eigenvalue weighted by Crippen LogP contribution is 2.34. The molecule has 0 saturated carbocycles. The van der Waals surface area contributed by atoms with Gasteiger partial charge in [-0.2, -0.15) is 0 Å². The summed E-state index contributed by atoms with van der Waals surface area (Å²) in [4.78, 5) is 16.9. The molecular weight excluding hydrogens is 522 g/mol. The van der Waals surface area contributed by atoms with Crippen molar-refractivity contribution in [3.8, 4) is 28.5 Å². The molecule has 7 nitrogen and oxygen atoms in total. The summed E-state index contributed by atoms with van der Waals surface area (Å²) in [5.41, 5.74) is 5.21. The van der Waals surface area contributed by atoms with Gasteiger partial charge >= 0.3 is 0 Å². The highest BCUT2D eigenvalue weighted by molar-refractivity contribution is 7.80. The molecule has 0 atom stereocenters. The number of phenolic OH excluding ortho intramolecular Hbond substituents is 1. The minimum absolute atomic E-state index is 0.00536. The second kappa shape index (κ2) is 10.5. The molecule has 1 amide bonds. The van der Waals surface area contributed by atoms with E-state index in [-0.39, 0.29) is 16.8 Å². The van der Waals surface area contributed by atoms with Crippen LogP contribution in [0.15, 0.2) is 81.6 Å². The Morgan fingerprint density at radius 2 is 1.82 bits per heavy atom. The molecule has 38 heavy (non-hydrogen) atoms. The second-order valence-corrected chi connectivity index (χ2v) is 9.51. The van der Waals surface area contributed by atoms with Gasteiger partial charge in [0.25, 0.3) is 0 Å². The summed E-state index contributed by atoms with van der Waals surface area (Å²) in [6.45, 7) is 3.93. The van der Waals surface area contributed by atoms with Crippen molar-refractivity contribution >= 4 is 57.7 Å². The van der Waals surface area contributed by atoms with Crippen molar-refractivity contribution in [2.24, 2.45) is 0 Å². The maximum Gasteiger partial charge on any atom is 0.250 e. The number of amides is 1. The molecule has 0 spiro atoms. The van der Waals surface area contributed by atoms with E-state index in [1.807, 2.05) is 44.2 Å². The van der Waals surface area contributed by atoms with Gasteiger partial charge in [-0.25, -0.2) is 4.98 Å². The molecule has 0 aliphatic rings. The van der Waals surface area contributed by atoms with Gasteiger partial charge in [-0.05, 0) is 104 Å². The molecule has 0 aliphatic heterocycles. The van der Waals surface area contributed by atoms with Crippen molar-refractivity contribution in [2.45, 2.75) is 13.8 Å². The SMILES string of the molecule is Cc1cc(C)c2oc(-c3cc(NC(=S)NC(=O)C=Cc4ccc(-c5ccc(Cl)cc5)o4)ccc3O)nc2c1. The Balaban J connectivity index is 1.24. The number of nitrogens with one attached hydrogen (secondary N) is 2. The van der Waals surface area contributed by atoms with E-state index in [0.717, 1.165) is 16.7 Å². The number of phenols is 1. The quantitative estimate of drug-likeness (QED) is 0.122. The maximum absolute atomic E-state index is 12.4. The summed E-state index contributed by atoms with van der Waals surface area (Å²) in [6.07, 6.45) is 2.87. The van der Waals surface area contributed by atoms with Gasteiger partial charge in [-0.15, -0.1) is 0 Å². The molecule has 9 heteroatoms. The van der Waals surface area contributed by atoms with Crippen LogP contribution in [0.3, 0.4) is 0 Å². The number of nitrogens with zero attached hydrogens (tertiary/aromatic N) is 1. The number of rotatable bonds is 5. The first-order valence-electron chi connectivity index (χ1n) is 11.6. The van der Waals surface area contributed by atoms with Gasteiger partial charge in [0.15, 0.2) is 10.7 Å². The van der Waals surface area contributed by atoms with Gasteiger partial charge in [0.1, 0.15) is 22.8 Å². The minimum Gasteiger partial charge on any atom is -0.507 e. The number of anilines is 1. The summed E-state index contributed by atoms with van der Waals surface area (Å²) < 4.78 is 11.7. The standard InChI is InChI=1S/C29H22ClN3O4S/c1-16-13-17(2)27-23(14-16)32-28(37-27)22-15-20(7-10-24(22)34)31-29(38)33-26(35)12-9-21-8-11-25(36-21)18-3-5-19(30)6-4-18/h3-15,34H,1-2H3,(H2,31,33,35,38). The molecule has 2 heterocycles. The third kappa shape index (κ3) is 5.61. The van der Waals surface area contributed by atoms with Crippen molar-refractivity contribution in [1.82, 2.24) is 10.3 Å². The summed E-state index contributed by atoms with van der Waals surface area (Å²) in [5, 5.41) is 16.7. The Morgan fingerprint density at radius 1 is 1.03 bits per heavy atom. The maximum atomic E-state index is 12.4. The fraction of sp³-hybridized carbons (Fsp3) is 0.0690. The van der Waals surface area contributed by atoms with E-state index >= 15 is 0 Å². The van der Waals surface area contributed by atoms with E-state index in [9.17, 15) is 9.90 Å². The van der Waals surface area contributed by atoms with Crippen LogP contribution in [0.4, 0.5) is 5.69 Å². The van der Waals surface area contributed by atoms with Crippen LogP contribution in [-0.4, -0.2) is 21.1 Å². The number of benzene rings is 3. The Bertz CT molecular complexity index is 1700. The van der Waals surface area contributed by atoms with Crippen LogP contribution >= 0.6 is 23.8 Å². The van der Waals surface area contributed by atoms with Gasteiger partial charge < -0.3 is 19.3 Å². The van der Waals surface area contributed by atoms with Crippen LogP contribution in [0.1, 0.15) is 16.9 Å². The average Bonchev–Trinajstić information content (AvgIpc) is 3.52. The van der Waals surface area contributed by atoms with Gasteiger partial charge in [0.2, 0.25) is 11.8 Å². The number of fused-ring (bicyclic) bond motifs is 1. The van der Waals surface area contributed by atoms with E-state index in [2.05, 4.69) is 15.6 Å². The zero-order valence-electron chi connectivity index (χ0n) is 20.4. The van der Waals surface area contributed by atoms with Crippen LogP contribution in [0, 0.1) is 13.8 Å². The molecule has 3 aromatic carbocycles. The number of aromatic hydroxyl groups is 1. The van der Waals surface area contributed by atoms with Gasteiger partial charge in [0, 0.05) is 22.3 Å². The van der Waals surface area contributed by atoms with Crippen molar-refractivity contribution in [1.29, 1.82) is 0 Å². The van der Waals surface area contributed by atoms with Crippen molar-refractivity contribution in [2.75, 3.05) is 5.32 Å². The monoisotopic (exact) mass is 543 g/mol. The number of thiocarbonyl (C=S) groups is 1. The van der Waals surface area contributed by atoms with E-state index in [0.29, 0.717) is 38.9 Å². The summed E-state index contributed by atoms with van der Waals surface area (Å²) in [5.74, 6) is 1.02. The average molecular weight is 544 g/mol. The summed E-state index contributed by atoms with van der Waals surface area (Å²) in [6, 6.07) is 19.6. The van der Waals surface area contributed by atoms with Crippen LogP contribution in [0.25, 0.3) is 40.0 Å². The topological polar surface area (TPSA) is 101 Å². The van der Waals surface area contributed by atoms with Crippen molar-refractivity contribution in [3.63, 3.8) is 0 Å². The van der Waals surface area contributed by atoms with E-state index < -0.39 is 5.91 Å². The summed E-state index contributed by atoms with van der Waals surface area (Å²) >= 11 is 11.2. The third-order valence-electron chi connectivity index (χ3n) is 5.70. The number of aryl methyl sites for hydroxylation is 2. The lowest BCUT2D eigenvalue weighted by Crippen LogP contribution is -2.32. The lowest BCUT2D eigenvalue weighted by molar-refractivity contribution is -0.115. The van der Waals surface area contributed by atoms with E-state index in [4.69, 9.17) is 32.7 Å². The molecule has 3 N–H and O–H groups in total. The van der Waals surface area contributed by atoms with Crippen molar-refractivity contribution in [3.05, 3.63) is 94.7 Å². The molecule has 0 unspecified atom stereocenters. The Kier molecular flexibility index (Phi) is 7.00. The largest absolute Gasteiger partial charge is 0.507 e. The number of hydrogen-bond acceptors (Lipinski definition) is 6. The number of hydrogen-bond donors (Lipinski definition) is 3. The van der Waals surface area contributed by atoms with Crippen LogP contribution in [0.5, 0.6) is 5.75 Å². The van der Waals surface area contributed by atoms with Crippen LogP contribution in [-0.2, 0) is 4.79 Å². The number of aromatic nitrogens is 1. The van der Waals surface area contributed by atoms with Crippen molar-refractivity contribution < 1.29 is 18.7 Å². The molecule has 0 bridgehead atoms. The van der Waals surface area contributed by atoms with Crippen LogP contribution < -0.4 is 10.6 Å². The number of oxazole rings is 1. The number of furan rings is 1. The molecule has 5 rings (SSSR count). The second-order valence-electron chi connectivity index (χ2n) is 8.67. The molecular formula is C29H22ClN3O4S. The predicted molar refractivity (Wildman–Crippen MR) is 153 cm³/mol. The highest BCUT2D eigenvalue weighted by atomic mass is 35.5. The first kappa shape index (κ1) is 25.3. The fourth-order valence-corrected chi connectivity index (χ4v) is 4.31. The fourth-order valence-electron chi connectivity index (χ4n) is 3.96. The zero-order chi connectivity index (χ0) is 26.8. The molecule has 2 aromatic heterocycles. The van der Waals surface area contributed by atoms with Gasteiger partial charge in [0.05, 0.1) is 5.56 Å². The minimum atomic E-state index is -0.434. The van der Waals surface area contributed by atoms with Crippen LogP contribution in [0.2, 0.25) is 5.02 Å². The molecule has 190 valence electrons. The molecule has 0 aliphatic carbocycles. The summed E-state index contributed by atoms with van der Waals surface area (Å²) in [7, 11) is 0. The zero-order valence-corrected chi connectivity index (χ0v) is 22.0. The number of carbonyl (C=O) groups is 1. The van der Waals surface area contributed by atoms with Gasteiger partial charge in [-0.3, -0.25) is 10.1 Å². The molecule has 0 fully saturated rings. The Hall–Kier alpha value is -4.40.